The summed E-state index contributed by atoms with van der Waals surface area (Å²) in [5.41, 5.74) is 0. The second-order valence-electron chi connectivity index (χ2n) is 4.24. The molecule has 5 heteroatoms. The highest BCUT2D eigenvalue weighted by Crippen LogP contribution is 1.97. The SMILES string of the molecule is CCCC(C)NS(=O)(=O)CCNC(C)C. The van der Waals surface area contributed by atoms with E-state index < -0.39 is 10.0 Å². The molecule has 0 aromatic heterocycles. The molecule has 0 saturated heterocycles. The fourth-order valence-corrected chi connectivity index (χ4v) is 2.57. The molecule has 0 amide bonds. The van der Waals surface area contributed by atoms with Crippen molar-refractivity contribution in [2.75, 3.05) is 12.3 Å². The van der Waals surface area contributed by atoms with Gasteiger partial charge in [0.05, 0.1) is 5.75 Å². The zero-order valence-corrected chi connectivity index (χ0v) is 11.0. The summed E-state index contributed by atoms with van der Waals surface area (Å²) in [7, 11) is -3.11. The first kappa shape index (κ1) is 14.9. The Balaban J connectivity index is 3.87. The predicted molar refractivity (Wildman–Crippen MR) is 64.4 cm³/mol. The van der Waals surface area contributed by atoms with Crippen LogP contribution in [-0.2, 0) is 10.0 Å². The number of hydrogen-bond acceptors (Lipinski definition) is 3. The van der Waals surface area contributed by atoms with Crippen LogP contribution < -0.4 is 10.0 Å². The molecular formula is C10H24N2O2S. The second kappa shape index (κ2) is 7.19. The Bertz CT molecular complexity index is 250. The quantitative estimate of drug-likeness (QED) is 0.663. The molecule has 0 aliphatic rings. The maximum absolute atomic E-state index is 11.5. The van der Waals surface area contributed by atoms with Crippen LogP contribution in [0.5, 0.6) is 0 Å². The van der Waals surface area contributed by atoms with Crippen LogP contribution in [0, 0.1) is 0 Å². The van der Waals surface area contributed by atoms with Crippen molar-refractivity contribution in [2.24, 2.45) is 0 Å². The van der Waals surface area contributed by atoms with Gasteiger partial charge in [-0.25, -0.2) is 13.1 Å². The minimum absolute atomic E-state index is 0.0408. The van der Waals surface area contributed by atoms with Gasteiger partial charge in [0.15, 0.2) is 0 Å². The van der Waals surface area contributed by atoms with Gasteiger partial charge in [-0.15, -0.1) is 0 Å². The predicted octanol–water partition coefficient (Wildman–Crippen LogP) is 1.09. The van der Waals surface area contributed by atoms with Crippen molar-refractivity contribution in [3.05, 3.63) is 0 Å². The Kier molecular flexibility index (Phi) is 7.13. The number of rotatable bonds is 8. The topological polar surface area (TPSA) is 58.2 Å². The molecule has 15 heavy (non-hydrogen) atoms. The first-order valence-corrected chi connectivity index (χ1v) is 7.26. The average Bonchev–Trinajstić information content (AvgIpc) is 2.01. The summed E-state index contributed by atoms with van der Waals surface area (Å²) in [5.74, 6) is 0.152. The second-order valence-corrected chi connectivity index (χ2v) is 6.11. The summed E-state index contributed by atoms with van der Waals surface area (Å²) < 4.78 is 25.8. The third kappa shape index (κ3) is 8.84. The lowest BCUT2D eigenvalue weighted by atomic mass is 10.2. The summed E-state index contributed by atoms with van der Waals surface area (Å²) in [6.07, 6.45) is 1.88. The van der Waals surface area contributed by atoms with E-state index in [1.165, 1.54) is 0 Å². The molecule has 2 N–H and O–H groups in total. The molecule has 0 bridgehead atoms. The molecule has 1 unspecified atom stereocenters. The molecule has 0 fully saturated rings. The Hall–Kier alpha value is -0.130. The van der Waals surface area contributed by atoms with Crippen molar-refractivity contribution < 1.29 is 8.42 Å². The highest BCUT2D eigenvalue weighted by atomic mass is 32.2. The molecule has 0 heterocycles. The van der Waals surface area contributed by atoms with Gasteiger partial charge in [0, 0.05) is 18.6 Å². The minimum atomic E-state index is -3.11. The molecule has 0 aliphatic heterocycles. The Morgan fingerprint density at radius 1 is 1.20 bits per heavy atom. The molecule has 0 rings (SSSR count). The number of hydrogen-bond donors (Lipinski definition) is 2. The summed E-state index contributed by atoms with van der Waals surface area (Å²) >= 11 is 0. The van der Waals surface area contributed by atoms with Crippen LogP contribution in [0.3, 0.4) is 0 Å². The molecule has 0 spiro atoms. The van der Waals surface area contributed by atoms with Gasteiger partial charge in [0.1, 0.15) is 0 Å². The van der Waals surface area contributed by atoms with Crippen LogP contribution in [0.2, 0.25) is 0 Å². The monoisotopic (exact) mass is 236 g/mol. The minimum Gasteiger partial charge on any atom is -0.313 e. The van der Waals surface area contributed by atoms with Crippen molar-refractivity contribution in [3.8, 4) is 0 Å². The fourth-order valence-electron chi connectivity index (χ4n) is 1.34. The van der Waals surface area contributed by atoms with E-state index in [9.17, 15) is 8.42 Å². The summed E-state index contributed by atoms with van der Waals surface area (Å²) in [5, 5.41) is 3.09. The van der Waals surface area contributed by atoms with Crippen molar-refractivity contribution >= 4 is 10.0 Å². The molecule has 0 radical (unpaired) electrons. The van der Waals surface area contributed by atoms with E-state index in [0.29, 0.717) is 12.6 Å². The van der Waals surface area contributed by atoms with Crippen molar-refractivity contribution in [3.63, 3.8) is 0 Å². The third-order valence-electron chi connectivity index (χ3n) is 2.03. The standard InChI is InChI=1S/C10H24N2O2S/c1-5-6-10(4)12-15(13,14)8-7-11-9(2)3/h9-12H,5-8H2,1-4H3. The molecule has 0 aliphatic carbocycles. The Morgan fingerprint density at radius 2 is 1.80 bits per heavy atom. The van der Waals surface area contributed by atoms with Crippen molar-refractivity contribution in [1.82, 2.24) is 10.0 Å². The first-order chi connectivity index (χ1) is 6.87. The van der Waals surface area contributed by atoms with Crippen LogP contribution in [0.4, 0.5) is 0 Å². The van der Waals surface area contributed by atoms with Gasteiger partial charge in [-0.1, -0.05) is 27.2 Å². The van der Waals surface area contributed by atoms with E-state index in [-0.39, 0.29) is 11.8 Å². The average molecular weight is 236 g/mol. The van der Waals surface area contributed by atoms with Gasteiger partial charge < -0.3 is 5.32 Å². The van der Waals surface area contributed by atoms with Gasteiger partial charge in [0.25, 0.3) is 0 Å². The maximum Gasteiger partial charge on any atom is 0.213 e. The van der Waals surface area contributed by atoms with Crippen LogP contribution >= 0.6 is 0 Å². The molecule has 0 saturated carbocycles. The molecule has 0 aromatic rings. The summed E-state index contributed by atoms with van der Waals surface area (Å²) in [6, 6.07) is 0.368. The molecule has 92 valence electrons. The van der Waals surface area contributed by atoms with Gasteiger partial charge >= 0.3 is 0 Å². The third-order valence-corrected chi connectivity index (χ3v) is 3.53. The Morgan fingerprint density at radius 3 is 2.27 bits per heavy atom. The fraction of sp³-hybridized carbons (Fsp3) is 1.00. The lowest BCUT2D eigenvalue weighted by Gasteiger charge is -2.14. The van der Waals surface area contributed by atoms with E-state index in [0.717, 1.165) is 12.8 Å². The highest BCUT2D eigenvalue weighted by Gasteiger charge is 2.13. The van der Waals surface area contributed by atoms with Crippen LogP contribution in [0.25, 0.3) is 0 Å². The zero-order valence-electron chi connectivity index (χ0n) is 10.2. The van der Waals surface area contributed by atoms with Crippen LogP contribution in [0.1, 0.15) is 40.5 Å². The lowest BCUT2D eigenvalue weighted by Crippen LogP contribution is -2.38. The van der Waals surface area contributed by atoms with Crippen LogP contribution in [0.15, 0.2) is 0 Å². The smallest absolute Gasteiger partial charge is 0.213 e. The first-order valence-electron chi connectivity index (χ1n) is 5.60. The van der Waals surface area contributed by atoms with E-state index in [4.69, 9.17) is 0 Å². The van der Waals surface area contributed by atoms with E-state index >= 15 is 0 Å². The van der Waals surface area contributed by atoms with Crippen LogP contribution in [-0.4, -0.2) is 32.8 Å². The molecule has 4 nitrogen and oxygen atoms in total. The lowest BCUT2D eigenvalue weighted by molar-refractivity contribution is 0.537. The van der Waals surface area contributed by atoms with E-state index in [1.807, 2.05) is 27.7 Å². The van der Waals surface area contributed by atoms with Gasteiger partial charge in [-0.3, -0.25) is 0 Å². The molecular weight excluding hydrogens is 212 g/mol. The van der Waals surface area contributed by atoms with Crippen molar-refractivity contribution in [2.45, 2.75) is 52.6 Å². The number of nitrogens with one attached hydrogen (secondary N) is 2. The van der Waals surface area contributed by atoms with Gasteiger partial charge in [-0.2, -0.15) is 0 Å². The normalized spacial score (nSPS) is 14.5. The Labute approximate surface area is 93.9 Å². The van der Waals surface area contributed by atoms with Gasteiger partial charge in [-0.05, 0) is 13.3 Å². The largest absolute Gasteiger partial charge is 0.313 e. The zero-order chi connectivity index (χ0) is 11.9. The van der Waals surface area contributed by atoms with Crippen molar-refractivity contribution in [1.29, 1.82) is 0 Å². The number of sulfonamides is 1. The summed E-state index contributed by atoms with van der Waals surface area (Å²) in [4.78, 5) is 0. The van der Waals surface area contributed by atoms with E-state index in [2.05, 4.69) is 10.0 Å². The maximum atomic E-state index is 11.5. The summed E-state index contributed by atoms with van der Waals surface area (Å²) in [6.45, 7) is 8.45. The highest BCUT2D eigenvalue weighted by molar-refractivity contribution is 7.89. The van der Waals surface area contributed by atoms with E-state index in [1.54, 1.807) is 0 Å². The molecule has 1 atom stereocenters. The van der Waals surface area contributed by atoms with Gasteiger partial charge in [0.2, 0.25) is 10.0 Å². The molecule has 0 aromatic carbocycles.